The number of carbonyl (C=O) groups is 3. The van der Waals surface area contributed by atoms with E-state index in [1.54, 1.807) is 14.1 Å². The Balaban J connectivity index is 1.62. The Labute approximate surface area is 215 Å². The van der Waals surface area contributed by atoms with Gasteiger partial charge >= 0.3 is 0 Å². The standard InChI is InChI=1S/C28H34N2O7/c1-30(2)22-17-12-15-11-16-14(8-7-13-5-3-4-6-13)9-10-18(31)20(16)23(32)19(15)25(34)28(17,37)26(35)21(24(22)33)27(29)36/h9-10,13,15,17,22,31-32,35,37H,3-8,11-12H2,1-2H3,(H2,29,36)/t15-,17+,22?,28+/m1/s1. The second-order valence-electron chi connectivity index (χ2n) is 11.2. The summed E-state index contributed by atoms with van der Waals surface area (Å²) in [7, 11) is 3.18. The van der Waals surface area contributed by atoms with Crippen LogP contribution in [0.25, 0.3) is 5.76 Å². The normalized spacial score (nSPS) is 30.0. The molecule has 2 fully saturated rings. The van der Waals surface area contributed by atoms with Crippen LogP contribution in [0.4, 0.5) is 0 Å². The molecule has 0 aliphatic heterocycles. The van der Waals surface area contributed by atoms with Crippen molar-refractivity contribution in [2.75, 3.05) is 14.1 Å². The summed E-state index contributed by atoms with van der Waals surface area (Å²) < 4.78 is 0. The molecule has 5 rings (SSSR count). The number of aliphatic hydroxyl groups excluding tert-OH is 2. The first-order valence-electron chi connectivity index (χ1n) is 13.0. The van der Waals surface area contributed by atoms with Crippen molar-refractivity contribution in [2.45, 2.75) is 63.0 Å². The van der Waals surface area contributed by atoms with Crippen molar-refractivity contribution < 1.29 is 34.8 Å². The number of likely N-dealkylation sites (N-methyl/N-ethyl adjacent to an activating group) is 1. The highest BCUT2D eigenvalue weighted by Crippen LogP contribution is 2.53. The molecule has 1 aromatic carbocycles. The van der Waals surface area contributed by atoms with Gasteiger partial charge in [0.1, 0.15) is 22.8 Å². The van der Waals surface area contributed by atoms with E-state index in [-0.39, 0.29) is 23.3 Å². The van der Waals surface area contributed by atoms with Crippen molar-refractivity contribution in [3.05, 3.63) is 45.7 Å². The Morgan fingerprint density at radius 2 is 1.81 bits per heavy atom. The summed E-state index contributed by atoms with van der Waals surface area (Å²) in [4.78, 5) is 40.6. The van der Waals surface area contributed by atoms with Crippen LogP contribution in [0.3, 0.4) is 0 Å². The van der Waals surface area contributed by atoms with E-state index in [1.807, 2.05) is 6.07 Å². The predicted octanol–water partition coefficient (Wildman–Crippen LogP) is 2.09. The van der Waals surface area contributed by atoms with Crippen molar-refractivity contribution in [3.63, 3.8) is 0 Å². The van der Waals surface area contributed by atoms with Crippen LogP contribution in [0.5, 0.6) is 5.75 Å². The van der Waals surface area contributed by atoms with Crippen molar-refractivity contribution in [1.29, 1.82) is 0 Å². The Kier molecular flexibility index (Phi) is 6.19. The molecule has 0 spiro atoms. The zero-order valence-corrected chi connectivity index (χ0v) is 21.2. The Hall–Kier alpha value is -3.17. The number of ketones is 2. The fourth-order valence-corrected chi connectivity index (χ4v) is 7.20. The van der Waals surface area contributed by atoms with Crippen LogP contribution in [0.2, 0.25) is 0 Å². The Morgan fingerprint density at radius 3 is 2.43 bits per heavy atom. The van der Waals surface area contributed by atoms with Crippen LogP contribution in [0.15, 0.2) is 29.0 Å². The number of fused-ring (bicyclic) bond motifs is 3. The second-order valence-corrected chi connectivity index (χ2v) is 11.2. The van der Waals surface area contributed by atoms with Gasteiger partial charge in [0.25, 0.3) is 5.91 Å². The number of phenols is 1. The van der Waals surface area contributed by atoms with Crippen LogP contribution in [-0.4, -0.2) is 68.5 Å². The molecule has 0 saturated heterocycles. The highest BCUT2D eigenvalue weighted by atomic mass is 16.3. The van der Waals surface area contributed by atoms with Crippen molar-refractivity contribution in [1.82, 2.24) is 4.90 Å². The van der Waals surface area contributed by atoms with E-state index < -0.39 is 58.0 Å². The molecule has 1 amide bonds. The highest BCUT2D eigenvalue weighted by Gasteiger charge is 2.64. The molecule has 4 aliphatic carbocycles. The quantitative estimate of drug-likeness (QED) is 0.376. The second kappa shape index (κ2) is 8.99. The molecule has 6 N–H and O–H groups in total. The Bertz CT molecular complexity index is 1260. The third-order valence-electron chi connectivity index (χ3n) is 9.00. The van der Waals surface area contributed by atoms with Gasteiger partial charge in [-0.05, 0) is 68.8 Å². The maximum atomic E-state index is 13.9. The van der Waals surface area contributed by atoms with Crippen LogP contribution < -0.4 is 5.73 Å². The molecule has 4 aliphatic rings. The smallest absolute Gasteiger partial charge is 0.255 e. The minimum absolute atomic E-state index is 0.101. The topological polar surface area (TPSA) is 161 Å². The minimum Gasteiger partial charge on any atom is -0.508 e. The highest BCUT2D eigenvalue weighted by molar-refractivity contribution is 6.24. The van der Waals surface area contributed by atoms with Crippen LogP contribution in [-0.2, 0) is 27.2 Å². The molecular weight excluding hydrogens is 476 g/mol. The molecule has 9 heteroatoms. The number of hydrogen-bond donors (Lipinski definition) is 5. The number of nitrogens with zero attached hydrogens (tertiary/aromatic N) is 1. The summed E-state index contributed by atoms with van der Waals surface area (Å²) in [5, 5.41) is 44.6. The van der Waals surface area contributed by atoms with Crippen LogP contribution >= 0.6 is 0 Å². The third-order valence-corrected chi connectivity index (χ3v) is 9.00. The molecule has 0 radical (unpaired) electrons. The maximum Gasteiger partial charge on any atom is 0.255 e. The van der Waals surface area contributed by atoms with E-state index >= 15 is 0 Å². The number of hydrogen-bond acceptors (Lipinski definition) is 8. The summed E-state index contributed by atoms with van der Waals surface area (Å²) in [5.41, 5.74) is 3.76. The molecule has 37 heavy (non-hydrogen) atoms. The monoisotopic (exact) mass is 510 g/mol. The van der Waals surface area contributed by atoms with Crippen LogP contribution in [0.1, 0.15) is 55.2 Å². The summed E-state index contributed by atoms with van der Waals surface area (Å²) in [6.07, 6.45) is 7.12. The molecule has 1 aromatic rings. The first-order valence-corrected chi connectivity index (χ1v) is 13.0. The van der Waals surface area contributed by atoms with Gasteiger partial charge < -0.3 is 26.2 Å². The maximum absolute atomic E-state index is 13.9. The Morgan fingerprint density at radius 1 is 1.14 bits per heavy atom. The number of amides is 1. The number of nitrogens with two attached hydrogens (primary N) is 1. The first-order chi connectivity index (χ1) is 17.5. The van der Waals surface area contributed by atoms with Gasteiger partial charge in [0.2, 0.25) is 5.78 Å². The number of primary amides is 1. The molecule has 198 valence electrons. The SMILES string of the molecule is CN(C)C1C(=O)C(C(N)=O)=C(O)[C@@]2(O)C(=O)C3=C(O)c4c(O)ccc(CCC5CCCC5)c4C[C@@H]3C[C@@H]12. The average molecular weight is 511 g/mol. The molecule has 0 heterocycles. The van der Waals surface area contributed by atoms with Gasteiger partial charge in [0, 0.05) is 11.5 Å². The number of carbonyl (C=O) groups excluding carboxylic acids is 3. The van der Waals surface area contributed by atoms with Gasteiger partial charge in [0.05, 0.1) is 11.6 Å². The number of aliphatic hydroxyl groups is 3. The fraction of sp³-hybridized carbons (Fsp3) is 0.536. The van der Waals surface area contributed by atoms with Crippen LogP contribution in [0, 0.1) is 17.8 Å². The molecule has 9 nitrogen and oxygen atoms in total. The lowest BCUT2D eigenvalue weighted by molar-refractivity contribution is -0.153. The molecular formula is C28H34N2O7. The number of rotatable bonds is 5. The number of phenolic OH excluding ortho intramolecular Hbond substituents is 1. The van der Waals surface area contributed by atoms with E-state index in [9.17, 15) is 34.8 Å². The number of aryl methyl sites for hydroxylation is 1. The van der Waals surface area contributed by atoms with Gasteiger partial charge in [-0.25, -0.2) is 0 Å². The van der Waals surface area contributed by atoms with Gasteiger partial charge in [-0.15, -0.1) is 0 Å². The fourth-order valence-electron chi connectivity index (χ4n) is 7.20. The predicted molar refractivity (Wildman–Crippen MR) is 135 cm³/mol. The number of benzene rings is 1. The van der Waals surface area contributed by atoms with Crippen molar-refractivity contribution in [2.24, 2.45) is 23.5 Å². The molecule has 0 bridgehead atoms. The van der Waals surface area contributed by atoms with Gasteiger partial charge in [-0.2, -0.15) is 0 Å². The van der Waals surface area contributed by atoms with Gasteiger partial charge in [-0.3, -0.25) is 19.3 Å². The summed E-state index contributed by atoms with van der Waals surface area (Å²) in [5.74, 6) is -5.61. The third kappa shape index (κ3) is 3.70. The van der Waals surface area contributed by atoms with Crippen molar-refractivity contribution in [3.8, 4) is 5.75 Å². The van der Waals surface area contributed by atoms with E-state index in [0.717, 1.165) is 24.0 Å². The molecule has 1 unspecified atom stereocenters. The van der Waals surface area contributed by atoms with E-state index in [1.165, 1.54) is 36.6 Å². The minimum atomic E-state index is -2.61. The number of Topliss-reactive ketones (excluding diaryl/α,β-unsaturated/α-hetero) is 2. The largest absolute Gasteiger partial charge is 0.508 e. The van der Waals surface area contributed by atoms with E-state index in [4.69, 9.17) is 5.73 Å². The zero-order chi connectivity index (χ0) is 26.8. The van der Waals surface area contributed by atoms with Gasteiger partial charge in [-0.1, -0.05) is 31.7 Å². The lowest BCUT2D eigenvalue weighted by Gasteiger charge is -2.50. The van der Waals surface area contributed by atoms with Gasteiger partial charge in [0.15, 0.2) is 11.4 Å². The molecule has 4 atom stereocenters. The summed E-state index contributed by atoms with van der Waals surface area (Å²) in [6, 6.07) is 2.29. The van der Waals surface area contributed by atoms with E-state index in [0.29, 0.717) is 12.3 Å². The lowest BCUT2D eigenvalue weighted by atomic mass is 9.57. The lowest BCUT2D eigenvalue weighted by Crippen LogP contribution is -2.65. The first kappa shape index (κ1) is 25.5. The van der Waals surface area contributed by atoms with Crippen molar-refractivity contribution >= 4 is 23.2 Å². The molecule has 0 aromatic heterocycles. The summed E-state index contributed by atoms with van der Waals surface area (Å²) in [6.45, 7) is 0. The average Bonchev–Trinajstić information content (AvgIpc) is 3.34. The summed E-state index contributed by atoms with van der Waals surface area (Å²) >= 11 is 0. The number of aromatic hydroxyl groups is 1. The molecule has 2 saturated carbocycles. The zero-order valence-electron chi connectivity index (χ0n) is 21.2. The van der Waals surface area contributed by atoms with E-state index in [2.05, 4.69) is 0 Å².